The lowest BCUT2D eigenvalue weighted by Crippen LogP contribution is -2.13. The van der Waals surface area contributed by atoms with Crippen molar-refractivity contribution in [3.63, 3.8) is 0 Å². The van der Waals surface area contributed by atoms with Gasteiger partial charge in [-0.1, -0.05) is 17.7 Å². The van der Waals surface area contributed by atoms with Gasteiger partial charge in [0.1, 0.15) is 0 Å². The van der Waals surface area contributed by atoms with Crippen LogP contribution in [0.3, 0.4) is 0 Å². The van der Waals surface area contributed by atoms with Gasteiger partial charge in [-0.2, -0.15) is 0 Å². The number of benzene rings is 1. The fourth-order valence-corrected chi connectivity index (χ4v) is 3.89. The molecule has 1 aromatic carbocycles. The molecule has 0 spiro atoms. The van der Waals surface area contributed by atoms with Gasteiger partial charge >= 0.3 is 0 Å². The SMILES string of the molecule is Cc1cc(C)c(S(=O)(=O)CCCON)c(C)c1. The highest BCUT2D eigenvalue weighted by atomic mass is 32.2. The van der Waals surface area contributed by atoms with E-state index in [1.165, 1.54) is 0 Å². The minimum atomic E-state index is -3.25. The summed E-state index contributed by atoms with van der Waals surface area (Å²) in [5.41, 5.74) is 2.68. The van der Waals surface area contributed by atoms with E-state index in [2.05, 4.69) is 4.84 Å². The van der Waals surface area contributed by atoms with Crippen molar-refractivity contribution in [1.82, 2.24) is 0 Å². The van der Waals surface area contributed by atoms with Crippen LogP contribution in [0.1, 0.15) is 23.1 Å². The van der Waals surface area contributed by atoms with Crippen LogP contribution in [0.15, 0.2) is 17.0 Å². The highest BCUT2D eigenvalue weighted by Crippen LogP contribution is 2.23. The summed E-state index contributed by atoms with van der Waals surface area (Å²) in [4.78, 5) is 4.83. The predicted octanol–water partition coefficient (Wildman–Crippen LogP) is 1.67. The van der Waals surface area contributed by atoms with Crippen LogP contribution in [-0.2, 0) is 14.7 Å². The fourth-order valence-electron chi connectivity index (χ4n) is 2.09. The van der Waals surface area contributed by atoms with Gasteiger partial charge in [-0.3, -0.25) is 0 Å². The lowest BCUT2D eigenvalue weighted by Gasteiger charge is -2.11. The summed E-state index contributed by atoms with van der Waals surface area (Å²) in [7, 11) is -3.25. The van der Waals surface area contributed by atoms with E-state index in [4.69, 9.17) is 5.90 Å². The average Bonchev–Trinajstić information content (AvgIpc) is 2.15. The molecule has 5 heteroatoms. The van der Waals surface area contributed by atoms with Crippen LogP contribution in [-0.4, -0.2) is 20.8 Å². The molecule has 0 atom stereocenters. The first-order chi connectivity index (χ1) is 7.88. The Bertz CT molecular complexity index is 471. The van der Waals surface area contributed by atoms with E-state index in [9.17, 15) is 8.42 Å². The molecule has 0 saturated heterocycles. The molecule has 0 unspecified atom stereocenters. The van der Waals surface area contributed by atoms with Gasteiger partial charge in [0.2, 0.25) is 0 Å². The Morgan fingerprint density at radius 3 is 2.18 bits per heavy atom. The Balaban J connectivity index is 3.07. The second-order valence-corrected chi connectivity index (χ2v) is 6.32. The Hall–Kier alpha value is -0.910. The molecule has 1 aromatic rings. The molecule has 4 nitrogen and oxygen atoms in total. The van der Waals surface area contributed by atoms with Crippen LogP contribution in [0.25, 0.3) is 0 Å². The van der Waals surface area contributed by atoms with Crippen molar-refractivity contribution in [2.45, 2.75) is 32.1 Å². The van der Waals surface area contributed by atoms with Crippen molar-refractivity contribution in [3.8, 4) is 0 Å². The predicted molar refractivity (Wildman–Crippen MR) is 67.5 cm³/mol. The number of hydrogen-bond acceptors (Lipinski definition) is 4. The van der Waals surface area contributed by atoms with E-state index in [0.717, 1.165) is 16.7 Å². The van der Waals surface area contributed by atoms with Gasteiger partial charge < -0.3 is 4.84 Å². The molecular weight excluding hydrogens is 238 g/mol. The smallest absolute Gasteiger partial charge is 0.178 e. The number of rotatable bonds is 5. The zero-order chi connectivity index (χ0) is 13.1. The van der Waals surface area contributed by atoms with Crippen molar-refractivity contribution >= 4 is 9.84 Å². The van der Waals surface area contributed by atoms with Crippen LogP contribution in [0.4, 0.5) is 0 Å². The minimum absolute atomic E-state index is 0.0644. The van der Waals surface area contributed by atoms with E-state index in [1.54, 1.807) is 0 Å². The minimum Gasteiger partial charge on any atom is -0.305 e. The van der Waals surface area contributed by atoms with E-state index in [1.807, 2.05) is 32.9 Å². The molecular formula is C12H19NO3S. The summed E-state index contributed by atoms with van der Waals surface area (Å²) in [5.74, 6) is 4.95. The molecule has 0 heterocycles. The fraction of sp³-hybridized carbons (Fsp3) is 0.500. The third kappa shape index (κ3) is 3.52. The first-order valence-corrected chi connectivity index (χ1v) is 7.16. The third-order valence-electron chi connectivity index (χ3n) is 2.59. The van der Waals surface area contributed by atoms with Crippen molar-refractivity contribution in [1.29, 1.82) is 0 Å². The number of hydrogen-bond donors (Lipinski definition) is 1. The van der Waals surface area contributed by atoms with E-state index in [0.29, 0.717) is 11.3 Å². The van der Waals surface area contributed by atoms with Crippen molar-refractivity contribution in [3.05, 3.63) is 28.8 Å². The lowest BCUT2D eigenvalue weighted by atomic mass is 10.1. The maximum atomic E-state index is 12.2. The molecule has 0 aromatic heterocycles. The van der Waals surface area contributed by atoms with Crippen molar-refractivity contribution in [2.75, 3.05) is 12.4 Å². The number of nitrogens with two attached hydrogens (primary N) is 1. The van der Waals surface area contributed by atoms with Gasteiger partial charge in [-0.05, 0) is 38.3 Å². The molecule has 17 heavy (non-hydrogen) atoms. The molecule has 0 radical (unpaired) electrons. The summed E-state index contributed by atoms with van der Waals surface area (Å²) >= 11 is 0. The molecule has 0 aliphatic rings. The molecule has 0 saturated carbocycles. The Kier molecular flexibility index (Phi) is 4.68. The zero-order valence-corrected chi connectivity index (χ0v) is 11.3. The van der Waals surface area contributed by atoms with Crippen LogP contribution in [0.2, 0.25) is 0 Å². The molecule has 2 N–H and O–H groups in total. The molecule has 0 aliphatic carbocycles. The first kappa shape index (κ1) is 14.2. The Morgan fingerprint density at radius 1 is 1.18 bits per heavy atom. The second-order valence-electron chi connectivity index (χ2n) is 4.27. The second kappa shape index (κ2) is 5.62. The summed E-state index contributed by atoms with van der Waals surface area (Å²) in [6.07, 6.45) is 0.408. The Labute approximate surface area is 103 Å². The molecule has 0 amide bonds. The highest BCUT2D eigenvalue weighted by molar-refractivity contribution is 7.91. The maximum absolute atomic E-state index is 12.2. The zero-order valence-electron chi connectivity index (χ0n) is 10.5. The topological polar surface area (TPSA) is 69.4 Å². The summed E-state index contributed by atoms with van der Waals surface area (Å²) in [6, 6.07) is 3.78. The molecule has 0 fully saturated rings. The standard InChI is InChI=1S/C12H19NO3S/c1-9-7-10(2)12(11(3)8-9)17(14,15)6-4-5-16-13/h7-8H,4-6,13H2,1-3H3. The monoisotopic (exact) mass is 257 g/mol. The van der Waals surface area contributed by atoms with E-state index >= 15 is 0 Å². The first-order valence-electron chi connectivity index (χ1n) is 5.51. The van der Waals surface area contributed by atoms with Crippen LogP contribution in [0.5, 0.6) is 0 Å². The largest absolute Gasteiger partial charge is 0.305 e. The summed E-state index contributed by atoms with van der Waals surface area (Å²) in [5, 5.41) is 0. The van der Waals surface area contributed by atoms with Gasteiger partial charge in [-0.15, -0.1) is 0 Å². The molecule has 0 bridgehead atoms. The van der Waals surface area contributed by atoms with Gasteiger partial charge in [0, 0.05) is 0 Å². The van der Waals surface area contributed by atoms with Gasteiger partial charge in [0.25, 0.3) is 0 Å². The molecule has 96 valence electrons. The number of aryl methyl sites for hydroxylation is 3. The lowest BCUT2D eigenvalue weighted by molar-refractivity contribution is 0.139. The van der Waals surface area contributed by atoms with Crippen LogP contribution < -0.4 is 5.90 Å². The molecule has 1 rings (SSSR count). The van der Waals surface area contributed by atoms with Crippen molar-refractivity contribution < 1.29 is 13.3 Å². The average molecular weight is 257 g/mol. The van der Waals surface area contributed by atoms with Crippen LogP contribution in [0, 0.1) is 20.8 Å². The normalized spacial score (nSPS) is 11.8. The number of sulfone groups is 1. The van der Waals surface area contributed by atoms with Gasteiger partial charge in [-0.25, -0.2) is 14.3 Å². The van der Waals surface area contributed by atoms with Gasteiger partial charge in [0.15, 0.2) is 9.84 Å². The van der Waals surface area contributed by atoms with E-state index in [-0.39, 0.29) is 12.4 Å². The van der Waals surface area contributed by atoms with Crippen molar-refractivity contribution in [2.24, 2.45) is 5.90 Å². The summed E-state index contributed by atoms with van der Waals surface area (Å²) < 4.78 is 24.3. The Morgan fingerprint density at radius 2 is 1.71 bits per heavy atom. The third-order valence-corrected chi connectivity index (χ3v) is 4.68. The molecule has 0 aliphatic heterocycles. The van der Waals surface area contributed by atoms with Gasteiger partial charge in [0.05, 0.1) is 17.3 Å². The summed E-state index contributed by atoms with van der Waals surface area (Å²) in [6.45, 7) is 5.86. The van der Waals surface area contributed by atoms with Crippen LogP contribution >= 0.6 is 0 Å². The maximum Gasteiger partial charge on any atom is 0.178 e. The highest BCUT2D eigenvalue weighted by Gasteiger charge is 2.19. The van der Waals surface area contributed by atoms with E-state index < -0.39 is 9.84 Å². The quantitative estimate of drug-likeness (QED) is 0.643.